The van der Waals surface area contributed by atoms with Crippen LogP contribution in [0.1, 0.15) is 29.5 Å². The van der Waals surface area contributed by atoms with E-state index in [2.05, 4.69) is 0 Å². The molecule has 0 aliphatic carbocycles. The van der Waals surface area contributed by atoms with Gasteiger partial charge in [0.05, 0.1) is 17.0 Å². The van der Waals surface area contributed by atoms with Crippen LogP contribution in [-0.4, -0.2) is 30.1 Å². The molecule has 2 rings (SSSR count). The molecule has 1 amide bonds. The summed E-state index contributed by atoms with van der Waals surface area (Å²) in [4.78, 5) is 12.9. The number of rotatable bonds is 2. The van der Waals surface area contributed by atoms with E-state index in [0.29, 0.717) is 18.2 Å². The average molecular weight is 419 g/mol. The molecule has 1 atom stereocenters. The molecule has 1 saturated heterocycles. The molecule has 0 saturated carbocycles. The summed E-state index contributed by atoms with van der Waals surface area (Å²) in [5.41, 5.74) is -3.64. The van der Waals surface area contributed by atoms with E-state index in [-0.39, 0.29) is 25.5 Å². The van der Waals surface area contributed by atoms with Crippen LogP contribution in [0.15, 0.2) is 24.3 Å². The van der Waals surface area contributed by atoms with Crippen molar-refractivity contribution in [3.8, 4) is 0 Å². The first kappa shape index (κ1) is 22.1. The SMILES string of the molecule is O=C(/C=C/c1cc(C(F)(F)F)cc(C(F)(F)F)c1)N1CCCC(C(F)(F)F)C1. The molecule has 1 unspecified atom stereocenters. The Morgan fingerprint density at radius 1 is 0.929 bits per heavy atom. The summed E-state index contributed by atoms with van der Waals surface area (Å²) < 4.78 is 115. The highest BCUT2D eigenvalue weighted by atomic mass is 19.4. The lowest BCUT2D eigenvalue weighted by atomic mass is 9.97. The zero-order valence-electron chi connectivity index (χ0n) is 14.0. The molecule has 1 aromatic rings. The number of carbonyl (C=O) groups is 1. The zero-order valence-corrected chi connectivity index (χ0v) is 14.0. The molecule has 11 heteroatoms. The summed E-state index contributed by atoms with van der Waals surface area (Å²) >= 11 is 0. The summed E-state index contributed by atoms with van der Waals surface area (Å²) in [6, 6.07) is 0.791. The van der Waals surface area contributed by atoms with Gasteiger partial charge in [-0.15, -0.1) is 0 Å². The molecule has 0 bridgehead atoms. The minimum Gasteiger partial charge on any atom is -0.339 e. The molecule has 1 aliphatic rings. The van der Waals surface area contributed by atoms with Gasteiger partial charge in [-0.3, -0.25) is 4.79 Å². The van der Waals surface area contributed by atoms with Gasteiger partial charge < -0.3 is 4.90 Å². The Labute approximate surface area is 153 Å². The van der Waals surface area contributed by atoms with Crippen LogP contribution in [0, 0.1) is 5.92 Å². The van der Waals surface area contributed by atoms with Crippen molar-refractivity contribution in [3.05, 3.63) is 41.0 Å². The van der Waals surface area contributed by atoms with Crippen LogP contribution in [0.2, 0.25) is 0 Å². The van der Waals surface area contributed by atoms with E-state index in [1.54, 1.807) is 0 Å². The topological polar surface area (TPSA) is 20.3 Å². The smallest absolute Gasteiger partial charge is 0.339 e. The van der Waals surface area contributed by atoms with Crippen LogP contribution in [0.25, 0.3) is 6.08 Å². The van der Waals surface area contributed by atoms with Gasteiger partial charge in [-0.2, -0.15) is 39.5 Å². The number of hydrogen-bond donors (Lipinski definition) is 0. The number of piperidine rings is 1. The van der Waals surface area contributed by atoms with Crippen LogP contribution in [0.5, 0.6) is 0 Å². The molecule has 0 spiro atoms. The van der Waals surface area contributed by atoms with Crippen LogP contribution in [0.4, 0.5) is 39.5 Å². The maximum atomic E-state index is 12.8. The van der Waals surface area contributed by atoms with Gasteiger partial charge in [0.1, 0.15) is 0 Å². The molecule has 1 aliphatic heterocycles. The third kappa shape index (κ3) is 5.65. The first-order chi connectivity index (χ1) is 12.7. The number of benzene rings is 1. The van der Waals surface area contributed by atoms with Gasteiger partial charge in [-0.1, -0.05) is 0 Å². The van der Waals surface area contributed by atoms with Crippen molar-refractivity contribution < 1.29 is 44.3 Å². The highest BCUT2D eigenvalue weighted by molar-refractivity contribution is 5.91. The lowest BCUT2D eigenvalue weighted by Gasteiger charge is -2.33. The van der Waals surface area contributed by atoms with Crippen molar-refractivity contribution in [2.75, 3.05) is 13.1 Å². The van der Waals surface area contributed by atoms with Crippen LogP contribution in [0.3, 0.4) is 0 Å². The summed E-state index contributed by atoms with van der Waals surface area (Å²) in [7, 11) is 0. The monoisotopic (exact) mass is 419 g/mol. The molecule has 2 nitrogen and oxygen atoms in total. The predicted octanol–water partition coefficient (Wildman–Crippen LogP) is 5.54. The minimum absolute atomic E-state index is 0.0200. The zero-order chi connectivity index (χ0) is 21.3. The van der Waals surface area contributed by atoms with Crippen molar-refractivity contribution in [1.82, 2.24) is 4.90 Å². The van der Waals surface area contributed by atoms with Gasteiger partial charge in [-0.25, -0.2) is 0 Å². The van der Waals surface area contributed by atoms with Crippen molar-refractivity contribution in [3.63, 3.8) is 0 Å². The standard InChI is InChI=1S/C17H14F9NO/c18-15(19,20)11-2-1-5-27(9-11)14(28)4-3-10-6-12(16(21,22)23)8-13(7-10)17(24,25)26/h3-4,6-8,11H,1-2,5,9H2/b4-3+. The number of carbonyl (C=O) groups excluding carboxylic acids is 1. The van der Waals surface area contributed by atoms with Crippen LogP contribution < -0.4 is 0 Å². The van der Waals surface area contributed by atoms with Gasteiger partial charge in [0, 0.05) is 19.2 Å². The fraction of sp³-hybridized carbons (Fsp3) is 0.471. The van der Waals surface area contributed by atoms with Gasteiger partial charge in [0.15, 0.2) is 0 Å². The van der Waals surface area contributed by atoms with E-state index < -0.39 is 53.6 Å². The predicted molar refractivity (Wildman–Crippen MR) is 80.8 cm³/mol. The van der Waals surface area contributed by atoms with Crippen molar-refractivity contribution in [2.24, 2.45) is 5.92 Å². The number of hydrogen-bond acceptors (Lipinski definition) is 1. The number of amides is 1. The van der Waals surface area contributed by atoms with Crippen LogP contribution in [-0.2, 0) is 17.1 Å². The molecule has 28 heavy (non-hydrogen) atoms. The molecule has 1 heterocycles. The van der Waals surface area contributed by atoms with E-state index in [1.165, 1.54) is 0 Å². The summed E-state index contributed by atoms with van der Waals surface area (Å²) in [6.45, 7) is -0.588. The molecular formula is C17H14F9NO. The van der Waals surface area contributed by atoms with Gasteiger partial charge in [0.25, 0.3) is 0 Å². The second-order valence-corrected chi connectivity index (χ2v) is 6.34. The first-order valence-electron chi connectivity index (χ1n) is 8.01. The van der Waals surface area contributed by atoms with Crippen LogP contribution >= 0.6 is 0 Å². The highest BCUT2D eigenvalue weighted by Gasteiger charge is 2.42. The first-order valence-corrected chi connectivity index (χ1v) is 8.01. The van der Waals surface area contributed by atoms with Crippen molar-refractivity contribution >= 4 is 12.0 Å². The fourth-order valence-corrected chi connectivity index (χ4v) is 2.79. The molecule has 156 valence electrons. The average Bonchev–Trinajstić information content (AvgIpc) is 2.57. The number of alkyl halides is 9. The molecule has 0 N–H and O–H groups in total. The Kier molecular flexibility index (Phi) is 6.05. The minimum atomic E-state index is -5.04. The van der Waals surface area contributed by atoms with E-state index in [9.17, 15) is 44.3 Å². The van der Waals surface area contributed by atoms with Gasteiger partial charge in [0.2, 0.25) is 5.91 Å². The van der Waals surface area contributed by atoms with Crippen molar-refractivity contribution in [2.45, 2.75) is 31.4 Å². The quantitative estimate of drug-likeness (QED) is 0.456. The number of nitrogens with zero attached hydrogens (tertiary/aromatic N) is 1. The Morgan fingerprint density at radius 3 is 1.93 bits per heavy atom. The fourth-order valence-electron chi connectivity index (χ4n) is 2.79. The Balaban J connectivity index is 2.24. The van der Waals surface area contributed by atoms with Gasteiger partial charge >= 0.3 is 18.5 Å². The molecule has 1 aromatic carbocycles. The van der Waals surface area contributed by atoms with Gasteiger partial charge in [-0.05, 0) is 42.7 Å². The normalized spacial score (nSPS) is 19.3. The Hall–Kier alpha value is -2.20. The highest BCUT2D eigenvalue weighted by Crippen LogP contribution is 2.37. The Bertz CT molecular complexity index is 714. The van der Waals surface area contributed by atoms with Crippen molar-refractivity contribution in [1.29, 1.82) is 0 Å². The maximum absolute atomic E-state index is 12.8. The lowest BCUT2D eigenvalue weighted by molar-refractivity contribution is -0.187. The summed E-state index contributed by atoms with van der Waals surface area (Å²) in [5.74, 6) is -2.64. The maximum Gasteiger partial charge on any atom is 0.416 e. The molecular weight excluding hydrogens is 405 g/mol. The largest absolute Gasteiger partial charge is 0.416 e. The van der Waals surface area contributed by atoms with E-state index in [4.69, 9.17) is 0 Å². The van der Waals surface area contributed by atoms with E-state index >= 15 is 0 Å². The Morgan fingerprint density at radius 2 is 1.46 bits per heavy atom. The number of likely N-dealkylation sites (tertiary alicyclic amines) is 1. The summed E-state index contributed by atoms with van der Waals surface area (Å²) in [6.07, 6.45) is -13.2. The summed E-state index contributed by atoms with van der Waals surface area (Å²) in [5, 5.41) is 0. The second-order valence-electron chi connectivity index (χ2n) is 6.34. The lowest BCUT2D eigenvalue weighted by Crippen LogP contribution is -2.44. The third-order valence-corrected chi connectivity index (χ3v) is 4.22. The third-order valence-electron chi connectivity index (χ3n) is 4.22. The van der Waals surface area contributed by atoms with E-state index in [0.717, 1.165) is 11.0 Å². The number of halogens is 9. The molecule has 0 radical (unpaired) electrons. The molecule has 1 fully saturated rings. The van der Waals surface area contributed by atoms with E-state index in [1.807, 2.05) is 0 Å². The molecule has 0 aromatic heterocycles. The second kappa shape index (κ2) is 7.67.